The Morgan fingerprint density at radius 2 is 2.22 bits per heavy atom. The van der Waals surface area contributed by atoms with Crippen LogP contribution in [0.5, 0.6) is 0 Å². The van der Waals surface area contributed by atoms with Crippen molar-refractivity contribution in [2.45, 2.75) is 6.42 Å². The van der Waals surface area contributed by atoms with Crippen LogP contribution in [0.2, 0.25) is 0 Å². The van der Waals surface area contributed by atoms with Crippen LogP contribution < -0.4 is 0 Å². The Morgan fingerprint density at radius 1 is 1.50 bits per heavy atom. The van der Waals surface area contributed by atoms with Crippen LogP contribution in [0.3, 0.4) is 0 Å². The Hall–Kier alpha value is -2.55. The predicted octanol–water partition coefficient (Wildman–Crippen LogP) is 0.925. The van der Waals surface area contributed by atoms with Gasteiger partial charge < -0.3 is 14.6 Å². The number of allylic oxidation sites excluding steroid dienone is 3. The lowest BCUT2D eigenvalue weighted by Gasteiger charge is -2.06. The van der Waals surface area contributed by atoms with E-state index >= 15 is 0 Å². The van der Waals surface area contributed by atoms with Gasteiger partial charge >= 0.3 is 11.9 Å². The van der Waals surface area contributed by atoms with Crippen molar-refractivity contribution in [2.24, 2.45) is 0 Å². The van der Waals surface area contributed by atoms with E-state index in [4.69, 9.17) is 15.1 Å². The number of carbonyl (C=O) groups excluding carboxylic acids is 1. The van der Waals surface area contributed by atoms with Crippen LogP contribution >= 0.6 is 0 Å². The quantitative estimate of drug-likeness (QED) is 0.744. The van der Waals surface area contributed by atoms with E-state index in [1.165, 1.54) is 19.3 Å². The number of carbonyl (C=O) groups is 2. The van der Waals surface area contributed by atoms with Gasteiger partial charge in [-0.1, -0.05) is 6.08 Å². The van der Waals surface area contributed by atoms with Crippen LogP contribution in [0.1, 0.15) is 6.42 Å². The van der Waals surface area contributed by atoms with Crippen LogP contribution in [0, 0.1) is 11.3 Å². The molecule has 0 spiro atoms. The molecule has 1 N–H and O–H groups in total. The number of aliphatic carboxylic acids is 1. The van der Waals surface area contributed by atoms with Crippen molar-refractivity contribution in [1.82, 2.24) is 0 Å². The number of carboxylic acid groups (broad SMARTS) is 1. The molecule has 0 bridgehead atoms. The van der Waals surface area contributed by atoms with Crippen molar-refractivity contribution in [1.29, 1.82) is 5.26 Å². The predicted molar refractivity (Wildman–Crippen MR) is 60.1 cm³/mol. The number of carboxylic acids is 1. The molecule has 1 rings (SSSR count). The molecule has 1 aliphatic rings. The second kappa shape index (κ2) is 6.25. The van der Waals surface area contributed by atoms with E-state index in [1.807, 2.05) is 6.07 Å². The molecular formula is C12H11NO5. The molecular weight excluding hydrogens is 238 g/mol. The second-order valence-corrected chi connectivity index (χ2v) is 3.31. The monoisotopic (exact) mass is 249 g/mol. The minimum atomic E-state index is -1.14. The van der Waals surface area contributed by atoms with Gasteiger partial charge in [-0.25, -0.2) is 9.59 Å². The Balaban J connectivity index is 2.92. The van der Waals surface area contributed by atoms with Crippen molar-refractivity contribution in [3.05, 3.63) is 35.1 Å². The molecule has 0 heterocycles. The molecule has 0 aromatic heterocycles. The molecule has 0 fully saturated rings. The zero-order valence-electron chi connectivity index (χ0n) is 9.67. The first-order valence-electron chi connectivity index (χ1n) is 5.04. The lowest BCUT2D eigenvalue weighted by molar-refractivity contribution is -0.140. The molecule has 18 heavy (non-hydrogen) atoms. The maximum Gasteiger partial charge on any atom is 0.341 e. The third kappa shape index (κ3) is 3.49. The minimum absolute atomic E-state index is 0.0883. The zero-order valence-corrected chi connectivity index (χ0v) is 9.67. The summed E-state index contributed by atoms with van der Waals surface area (Å²) >= 11 is 0. The van der Waals surface area contributed by atoms with Gasteiger partial charge in [-0.05, 0) is 18.6 Å². The number of nitriles is 1. The highest BCUT2D eigenvalue weighted by Crippen LogP contribution is 2.19. The van der Waals surface area contributed by atoms with E-state index in [9.17, 15) is 9.59 Å². The summed E-state index contributed by atoms with van der Waals surface area (Å²) in [6, 6.07) is 1.85. The molecule has 0 radical (unpaired) electrons. The van der Waals surface area contributed by atoms with Crippen LogP contribution in [0.25, 0.3) is 0 Å². The van der Waals surface area contributed by atoms with E-state index < -0.39 is 18.5 Å². The molecule has 6 heteroatoms. The van der Waals surface area contributed by atoms with Crippen molar-refractivity contribution in [3.8, 4) is 6.07 Å². The third-order valence-corrected chi connectivity index (χ3v) is 2.10. The van der Waals surface area contributed by atoms with E-state index in [1.54, 1.807) is 6.08 Å². The molecule has 1 aliphatic carbocycles. The summed E-state index contributed by atoms with van der Waals surface area (Å²) in [6.07, 6.45) is 4.77. The lowest BCUT2D eigenvalue weighted by atomic mass is 10.1. The fourth-order valence-electron chi connectivity index (χ4n) is 1.31. The highest BCUT2D eigenvalue weighted by atomic mass is 16.5. The normalized spacial score (nSPS) is 14.3. The van der Waals surface area contributed by atoms with Gasteiger partial charge in [0.25, 0.3) is 0 Å². The van der Waals surface area contributed by atoms with Crippen LogP contribution in [0.4, 0.5) is 0 Å². The van der Waals surface area contributed by atoms with E-state index in [0.29, 0.717) is 6.42 Å². The van der Waals surface area contributed by atoms with Crippen molar-refractivity contribution in [2.75, 3.05) is 13.7 Å². The largest absolute Gasteiger partial charge is 0.481 e. The zero-order chi connectivity index (χ0) is 13.5. The van der Waals surface area contributed by atoms with Gasteiger partial charge in [0.05, 0.1) is 18.3 Å². The Bertz CT molecular complexity index is 493. The standard InChI is InChI=1S/C12H11NO5/c1-17-12(16)8-3-2-4-10(9(5-8)6-13)18-7-11(14)15/h3-5H,2,7H2,1H3,(H,14,15). The second-order valence-electron chi connectivity index (χ2n) is 3.31. The summed E-state index contributed by atoms with van der Waals surface area (Å²) < 4.78 is 9.53. The highest BCUT2D eigenvalue weighted by Gasteiger charge is 2.15. The molecule has 0 atom stereocenters. The average Bonchev–Trinajstić information content (AvgIpc) is 2.57. The summed E-state index contributed by atoms with van der Waals surface area (Å²) in [5.74, 6) is -1.55. The topological polar surface area (TPSA) is 96.6 Å². The van der Waals surface area contributed by atoms with Gasteiger partial charge in [0.15, 0.2) is 6.61 Å². The number of ether oxygens (including phenoxy) is 2. The number of nitrogens with zero attached hydrogens (tertiary/aromatic N) is 1. The summed E-state index contributed by atoms with van der Waals surface area (Å²) in [5.41, 5.74) is 0.324. The number of esters is 1. The van der Waals surface area contributed by atoms with Gasteiger partial charge in [0.1, 0.15) is 11.8 Å². The molecule has 0 aromatic rings. The van der Waals surface area contributed by atoms with Crippen molar-refractivity contribution in [3.63, 3.8) is 0 Å². The van der Waals surface area contributed by atoms with Crippen LogP contribution in [0.15, 0.2) is 35.1 Å². The number of hydrogen-bond donors (Lipinski definition) is 1. The van der Waals surface area contributed by atoms with Crippen molar-refractivity contribution >= 4 is 11.9 Å². The molecule has 94 valence electrons. The minimum Gasteiger partial charge on any atom is -0.481 e. The van der Waals surface area contributed by atoms with E-state index in [2.05, 4.69) is 4.74 Å². The lowest BCUT2D eigenvalue weighted by Crippen LogP contribution is -2.08. The molecule has 0 amide bonds. The van der Waals surface area contributed by atoms with E-state index in [0.717, 1.165) is 0 Å². The van der Waals surface area contributed by atoms with Gasteiger partial charge in [0, 0.05) is 0 Å². The van der Waals surface area contributed by atoms with Gasteiger partial charge in [-0.15, -0.1) is 0 Å². The Morgan fingerprint density at radius 3 is 2.78 bits per heavy atom. The SMILES string of the molecule is COC(=O)C1=CCC=C(OCC(=O)O)C(C#N)=C1. The maximum atomic E-state index is 11.4. The first-order valence-corrected chi connectivity index (χ1v) is 5.04. The number of hydrogen-bond acceptors (Lipinski definition) is 5. The average molecular weight is 249 g/mol. The maximum absolute atomic E-state index is 11.4. The molecule has 6 nitrogen and oxygen atoms in total. The molecule has 0 aliphatic heterocycles. The number of methoxy groups -OCH3 is 1. The van der Waals surface area contributed by atoms with Crippen LogP contribution in [-0.4, -0.2) is 30.8 Å². The third-order valence-electron chi connectivity index (χ3n) is 2.10. The highest BCUT2D eigenvalue weighted by molar-refractivity contribution is 5.92. The summed E-state index contributed by atoms with van der Waals surface area (Å²) in [4.78, 5) is 21.8. The Kier molecular flexibility index (Phi) is 4.69. The summed E-state index contributed by atoms with van der Waals surface area (Å²) in [7, 11) is 1.24. The van der Waals surface area contributed by atoms with Gasteiger partial charge in [-0.3, -0.25) is 0 Å². The van der Waals surface area contributed by atoms with E-state index in [-0.39, 0.29) is 16.9 Å². The van der Waals surface area contributed by atoms with Gasteiger partial charge in [0.2, 0.25) is 0 Å². The molecule has 0 unspecified atom stereocenters. The van der Waals surface area contributed by atoms with Gasteiger partial charge in [-0.2, -0.15) is 5.26 Å². The fourth-order valence-corrected chi connectivity index (χ4v) is 1.31. The summed E-state index contributed by atoms with van der Waals surface area (Å²) in [5, 5.41) is 17.5. The smallest absolute Gasteiger partial charge is 0.341 e. The van der Waals surface area contributed by atoms with Crippen molar-refractivity contribution < 1.29 is 24.2 Å². The Labute approximate surface area is 103 Å². The molecule has 0 saturated heterocycles. The number of rotatable bonds is 4. The fraction of sp³-hybridized carbons (Fsp3) is 0.250. The first kappa shape index (κ1) is 13.5. The summed E-state index contributed by atoms with van der Waals surface area (Å²) in [6.45, 7) is -0.543. The molecule has 0 aromatic carbocycles. The molecule has 0 saturated carbocycles. The van der Waals surface area contributed by atoms with Crippen LogP contribution in [-0.2, 0) is 19.1 Å². The first-order chi connectivity index (χ1) is 8.58.